The van der Waals surface area contributed by atoms with E-state index in [-0.39, 0.29) is 22.5 Å². The predicted octanol–water partition coefficient (Wildman–Crippen LogP) is 1.44. The van der Waals surface area contributed by atoms with Gasteiger partial charge in [-0.3, -0.25) is 4.79 Å². The minimum atomic E-state index is -3.47. The standard InChI is InChI=1S/C11H16N2O3S2/c1-3-9-7-13(5-4-10(9)14)18(15,16)11-6-12-8(2)17-11/h6,9H,3-5,7H2,1-2H3. The summed E-state index contributed by atoms with van der Waals surface area (Å²) in [6.07, 6.45) is 2.40. The van der Waals surface area contributed by atoms with Gasteiger partial charge in [0.15, 0.2) is 4.21 Å². The van der Waals surface area contributed by atoms with Crippen LogP contribution in [0.15, 0.2) is 10.4 Å². The van der Waals surface area contributed by atoms with Crippen LogP contribution >= 0.6 is 11.3 Å². The van der Waals surface area contributed by atoms with Crippen LogP contribution in [0.3, 0.4) is 0 Å². The Morgan fingerprint density at radius 3 is 2.83 bits per heavy atom. The molecule has 5 nitrogen and oxygen atoms in total. The SMILES string of the molecule is CCC1CN(S(=O)(=O)c2cnc(C)s2)CCC1=O. The first-order valence-electron chi connectivity index (χ1n) is 5.90. The molecule has 1 atom stereocenters. The number of hydrogen-bond acceptors (Lipinski definition) is 5. The molecule has 1 aliphatic heterocycles. The molecule has 1 saturated heterocycles. The third kappa shape index (κ3) is 2.48. The molecule has 7 heteroatoms. The second-order valence-corrected chi connectivity index (χ2v) is 7.78. The van der Waals surface area contributed by atoms with E-state index in [9.17, 15) is 13.2 Å². The van der Waals surface area contributed by atoms with Gasteiger partial charge in [-0.2, -0.15) is 4.31 Å². The van der Waals surface area contributed by atoms with E-state index < -0.39 is 10.0 Å². The van der Waals surface area contributed by atoms with Gasteiger partial charge < -0.3 is 0 Å². The highest BCUT2D eigenvalue weighted by atomic mass is 32.2. The van der Waals surface area contributed by atoms with Crippen LogP contribution in [0.25, 0.3) is 0 Å². The number of Topliss-reactive ketones (excluding diaryl/α,β-unsaturated/α-hetero) is 1. The molecule has 1 aromatic heterocycles. The number of carbonyl (C=O) groups excluding carboxylic acids is 1. The highest BCUT2D eigenvalue weighted by molar-refractivity contribution is 7.91. The fraction of sp³-hybridized carbons (Fsp3) is 0.636. The van der Waals surface area contributed by atoms with Crippen molar-refractivity contribution in [2.75, 3.05) is 13.1 Å². The topological polar surface area (TPSA) is 67.3 Å². The molecule has 1 fully saturated rings. The number of hydrogen-bond donors (Lipinski definition) is 0. The van der Waals surface area contributed by atoms with Gasteiger partial charge in [-0.05, 0) is 13.3 Å². The first-order valence-corrected chi connectivity index (χ1v) is 8.16. The number of thiazole rings is 1. The molecule has 0 radical (unpaired) electrons. The van der Waals surface area contributed by atoms with Crippen LogP contribution in [-0.2, 0) is 14.8 Å². The van der Waals surface area contributed by atoms with Crippen molar-refractivity contribution in [1.82, 2.24) is 9.29 Å². The average molecular weight is 288 g/mol. The van der Waals surface area contributed by atoms with Gasteiger partial charge in [-0.25, -0.2) is 13.4 Å². The largest absolute Gasteiger partial charge is 0.299 e. The van der Waals surface area contributed by atoms with Crippen LogP contribution in [0, 0.1) is 12.8 Å². The molecule has 0 saturated carbocycles. The smallest absolute Gasteiger partial charge is 0.254 e. The molecule has 0 aromatic carbocycles. The van der Waals surface area contributed by atoms with Crippen LogP contribution in [0.5, 0.6) is 0 Å². The Balaban J connectivity index is 2.23. The predicted molar refractivity (Wildman–Crippen MR) is 69.0 cm³/mol. The average Bonchev–Trinajstić information content (AvgIpc) is 2.77. The molecule has 0 N–H and O–H groups in total. The Morgan fingerprint density at radius 2 is 2.28 bits per heavy atom. The highest BCUT2D eigenvalue weighted by Gasteiger charge is 2.34. The number of aromatic nitrogens is 1. The van der Waals surface area contributed by atoms with Crippen molar-refractivity contribution < 1.29 is 13.2 Å². The van der Waals surface area contributed by atoms with Crippen molar-refractivity contribution in [3.05, 3.63) is 11.2 Å². The molecule has 0 spiro atoms. The third-order valence-corrected chi connectivity index (χ3v) is 6.39. The van der Waals surface area contributed by atoms with Gasteiger partial charge in [0.25, 0.3) is 10.0 Å². The molecule has 2 rings (SSSR count). The molecule has 1 unspecified atom stereocenters. The summed E-state index contributed by atoms with van der Waals surface area (Å²) >= 11 is 1.17. The summed E-state index contributed by atoms with van der Waals surface area (Å²) in [7, 11) is -3.47. The number of rotatable bonds is 3. The quantitative estimate of drug-likeness (QED) is 0.844. The maximum atomic E-state index is 12.4. The number of ketones is 1. The van der Waals surface area contributed by atoms with Crippen molar-refractivity contribution in [2.24, 2.45) is 5.92 Å². The third-order valence-electron chi connectivity index (χ3n) is 3.17. The van der Waals surface area contributed by atoms with Crippen molar-refractivity contribution in [3.8, 4) is 0 Å². The molecular weight excluding hydrogens is 272 g/mol. The van der Waals surface area contributed by atoms with Gasteiger partial charge in [0, 0.05) is 25.4 Å². The van der Waals surface area contributed by atoms with E-state index in [1.807, 2.05) is 6.92 Å². The molecule has 100 valence electrons. The normalized spacial score (nSPS) is 22.3. The van der Waals surface area contributed by atoms with Gasteiger partial charge in [0.1, 0.15) is 5.78 Å². The maximum Gasteiger partial charge on any atom is 0.254 e. The van der Waals surface area contributed by atoms with Gasteiger partial charge in [0.05, 0.1) is 11.2 Å². The number of sulfonamides is 1. The highest BCUT2D eigenvalue weighted by Crippen LogP contribution is 2.26. The van der Waals surface area contributed by atoms with Crippen LogP contribution in [0.1, 0.15) is 24.8 Å². The molecule has 1 aliphatic rings. The summed E-state index contributed by atoms with van der Waals surface area (Å²) < 4.78 is 26.4. The molecule has 1 aromatic rings. The first-order chi connectivity index (χ1) is 8.45. The molecular formula is C11H16N2O3S2. The fourth-order valence-electron chi connectivity index (χ4n) is 2.04. The zero-order chi connectivity index (χ0) is 13.3. The second-order valence-electron chi connectivity index (χ2n) is 4.38. The van der Waals surface area contributed by atoms with E-state index in [2.05, 4.69) is 4.98 Å². The Morgan fingerprint density at radius 1 is 1.56 bits per heavy atom. The zero-order valence-corrected chi connectivity index (χ0v) is 12.1. The van der Waals surface area contributed by atoms with E-state index >= 15 is 0 Å². The van der Waals surface area contributed by atoms with Crippen LogP contribution in [-0.4, -0.2) is 36.6 Å². The molecule has 18 heavy (non-hydrogen) atoms. The molecule has 0 bridgehead atoms. The lowest BCUT2D eigenvalue weighted by Gasteiger charge is -2.29. The van der Waals surface area contributed by atoms with Crippen molar-refractivity contribution >= 4 is 27.1 Å². The minimum absolute atomic E-state index is 0.164. The summed E-state index contributed by atoms with van der Waals surface area (Å²) in [6, 6.07) is 0. The second kappa shape index (κ2) is 5.07. The molecule has 0 amide bonds. The summed E-state index contributed by atoms with van der Waals surface area (Å²) in [5.74, 6) is 0.00646. The Hall–Kier alpha value is -0.790. The van der Waals surface area contributed by atoms with Gasteiger partial charge in [-0.1, -0.05) is 6.92 Å². The van der Waals surface area contributed by atoms with E-state index in [0.29, 0.717) is 19.4 Å². The van der Waals surface area contributed by atoms with E-state index in [1.165, 1.54) is 21.8 Å². The van der Waals surface area contributed by atoms with Gasteiger partial charge >= 0.3 is 0 Å². The summed E-state index contributed by atoms with van der Waals surface area (Å²) in [5, 5.41) is 0.730. The lowest BCUT2D eigenvalue weighted by molar-refractivity contribution is -0.125. The van der Waals surface area contributed by atoms with E-state index in [0.717, 1.165) is 5.01 Å². The number of aryl methyl sites for hydroxylation is 1. The minimum Gasteiger partial charge on any atom is -0.299 e. The maximum absolute atomic E-state index is 12.4. The van der Waals surface area contributed by atoms with Crippen LogP contribution in [0.4, 0.5) is 0 Å². The van der Waals surface area contributed by atoms with Crippen LogP contribution in [0.2, 0.25) is 0 Å². The van der Waals surface area contributed by atoms with Crippen LogP contribution < -0.4 is 0 Å². The summed E-state index contributed by atoms with van der Waals surface area (Å²) in [4.78, 5) is 15.6. The Kier molecular flexibility index (Phi) is 3.84. The van der Waals surface area contributed by atoms with Crippen molar-refractivity contribution in [2.45, 2.75) is 30.9 Å². The van der Waals surface area contributed by atoms with E-state index in [4.69, 9.17) is 0 Å². The van der Waals surface area contributed by atoms with E-state index in [1.54, 1.807) is 6.92 Å². The summed E-state index contributed by atoms with van der Waals surface area (Å²) in [6.45, 7) is 4.27. The first kappa shape index (κ1) is 13.6. The number of carbonyl (C=O) groups is 1. The lowest BCUT2D eigenvalue weighted by Crippen LogP contribution is -2.43. The van der Waals surface area contributed by atoms with Crippen molar-refractivity contribution in [3.63, 3.8) is 0 Å². The Labute approximate surface area is 111 Å². The zero-order valence-electron chi connectivity index (χ0n) is 10.4. The van der Waals surface area contributed by atoms with Gasteiger partial charge in [-0.15, -0.1) is 11.3 Å². The van der Waals surface area contributed by atoms with Crippen molar-refractivity contribution in [1.29, 1.82) is 0 Å². The molecule has 0 aliphatic carbocycles. The monoisotopic (exact) mass is 288 g/mol. The molecule has 2 heterocycles. The number of nitrogens with zero attached hydrogens (tertiary/aromatic N) is 2. The van der Waals surface area contributed by atoms with Gasteiger partial charge in [0.2, 0.25) is 0 Å². The lowest BCUT2D eigenvalue weighted by atomic mass is 9.96. The Bertz CT molecular complexity index is 550. The fourth-order valence-corrected chi connectivity index (χ4v) is 4.79. The summed E-state index contributed by atoms with van der Waals surface area (Å²) in [5.41, 5.74) is 0. The number of piperidine rings is 1.